The number of carbonyl (C=O) groups excluding carboxylic acids is 1. The van der Waals surface area contributed by atoms with Crippen LogP contribution in [-0.2, 0) is 4.79 Å². The van der Waals surface area contributed by atoms with E-state index >= 15 is 0 Å². The quantitative estimate of drug-likeness (QED) is 0.871. The molecule has 1 amide bonds. The molecule has 0 radical (unpaired) electrons. The van der Waals surface area contributed by atoms with E-state index in [0.29, 0.717) is 13.0 Å². The molecule has 0 saturated carbocycles. The van der Waals surface area contributed by atoms with Crippen LogP contribution in [0.3, 0.4) is 0 Å². The van der Waals surface area contributed by atoms with Crippen molar-refractivity contribution in [3.05, 3.63) is 34.3 Å². The Morgan fingerprint density at radius 1 is 1.50 bits per heavy atom. The molecule has 0 fully saturated rings. The van der Waals surface area contributed by atoms with Crippen LogP contribution in [0.5, 0.6) is 0 Å². The summed E-state index contributed by atoms with van der Waals surface area (Å²) in [5.74, 6) is 0.0711. The van der Waals surface area contributed by atoms with Crippen LogP contribution in [0.2, 0.25) is 0 Å². The minimum atomic E-state index is 0.0434. The maximum absolute atomic E-state index is 11.5. The predicted octanol–water partition coefficient (Wildman–Crippen LogP) is 2.24. The summed E-state index contributed by atoms with van der Waals surface area (Å²) in [6.07, 6.45) is 0.509. The molecule has 88 valence electrons. The van der Waals surface area contributed by atoms with E-state index in [0.717, 1.165) is 10.0 Å². The van der Waals surface area contributed by atoms with Crippen LogP contribution in [0.1, 0.15) is 24.9 Å². The van der Waals surface area contributed by atoms with Crippen molar-refractivity contribution in [2.75, 3.05) is 13.6 Å². The Bertz CT molecular complexity index is 355. The SMILES string of the molecule is CNCCC(=O)N[C@H](C)c1cccc(Br)c1. The summed E-state index contributed by atoms with van der Waals surface area (Å²) in [7, 11) is 1.84. The highest BCUT2D eigenvalue weighted by Gasteiger charge is 2.08. The predicted molar refractivity (Wildman–Crippen MR) is 69.2 cm³/mol. The lowest BCUT2D eigenvalue weighted by molar-refractivity contribution is -0.121. The van der Waals surface area contributed by atoms with E-state index in [2.05, 4.69) is 26.6 Å². The van der Waals surface area contributed by atoms with E-state index in [1.807, 2.05) is 38.2 Å². The molecule has 4 heteroatoms. The molecule has 0 spiro atoms. The van der Waals surface area contributed by atoms with Crippen molar-refractivity contribution >= 4 is 21.8 Å². The Kier molecular flexibility index (Phi) is 5.49. The van der Waals surface area contributed by atoms with Gasteiger partial charge < -0.3 is 10.6 Å². The van der Waals surface area contributed by atoms with E-state index in [1.165, 1.54) is 0 Å². The second-order valence-corrected chi connectivity index (χ2v) is 4.61. The monoisotopic (exact) mass is 284 g/mol. The standard InChI is InChI=1S/C12H17BrN2O/c1-9(15-12(16)6-7-14-2)10-4-3-5-11(13)8-10/h3-5,8-9,14H,6-7H2,1-2H3,(H,15,16)/t9-/m1/s1. The highest BCUT2D eigenvalue weighted by molar-refractivity contribution is 9.10. The molecule has 1 aromatic carbocycles. The van der Waals surface area contributed by atoms with Crippen molar-refractivity contribution < 1.29 is 4.79 Å². The molecule has 2 N–H and O–H groups in total. The molecule has 3 nitrogen and oxygen atoms in total. The Balaban J connectivity index is 2.52. The molecule has 0 aliphatic carbocycles. The fourth-order valence-electron chi connectivity index (χ4n) is 1.41. The molecule has 0 aromatic heterocycles. The average Bonchev–Trinajstić information content (AvgIpc) is 2.26. The van der Waals surface area contributed by atoms with Gasteiger partial charge in [-0.2, -0.15) is 0 Å². The summed E-state index contributed by atoms with van der Waals surface area (Å²) >= 11 is 3.42. The van der Waals surface area contributed by atoms with Gasteiger partial charge in [-0.05, 0) is 31.7 Å². The van der Waals surface area contributed by atoms with Crippen molar-refractivity contribution in [1.29, 1.82) is 0 Å². The number of nitrogens with one attached hydrogen (secondary N) is 2. The Hall–Kier alpha value is -0.870. The van der Waals surface area contributed by atoms with Crippen molar-refractivity contribution in [2.45, 2.75) is 19.4 Å². The molecule has 0 aliphatic heterocycles. The largest absolute Gasteiger partial charge is 0.350 e. The highest BCUT2D eigenvalue weighted by Crippen LogP contribution is 2.17. The molecule has 0 unspecified atom stereocenters. The lowest BCUT2D eigenvalue weighted by Crippen LogP contribution is -2.29. The fourth-order valence-corrected chi connectivity index (χ4v) is 1.83. The van der Waals surface area contributed by atoms with Crippen molar-refractivity contribution in [2.24, 2.45) is 0 Å². The third kappa shape index (κ3) is 4.33. The summed E-state index contributed by atoms with van der Waals surface area (Å²) in [6.45, 7) is 2.69. The second-order valence-electron chi connectivity index (χ2n) is 3.70. The number of carbonyl (C=O) groups is 1. The fraction of sp³-hybridized carbons (Fsp3) is 0.417. The number of hydrogen-bond donors (Lipinski definition) is 2. The van der Waals surface area contributed by atoms with Gasteiger partial charge in [0.25, 0.3) is 0 Å². The number of halogens is 1. The zero-order valence-corrected chi connectivity index (χ0v) is 11.2. The number of benzene rings is 1. The van der Waals surface area contributed by atoms with Crippen molar-refractivity contribution in [1.82, 2.24) is 10.6 Å². The third-order valence-electron chi connectivity index (χ3n) is 2.33. The zero-order chi connectivity index (χ0) is 12.0. The average molecular weight is 285 g/mol. The number of amides is 1. The van der Waals surface area contributed by atoms with Gasteiger partial charge in [-0.15, -0.1) is 0 Å². The van der Waals surface area contributed by atoms with Crippen LogP contribution in [0.25, 0.3) is 0 Å². The molecule has 16 heavy (non-hydrogen) atoms. The maximum Gasteiger partial charge on any atom is 0.221 e. The number of hydrogen-bond acceptors (Lipinski definition) is 2. The smallest absolute Gasteiger partial charge is 0.221 e. The van der Waals surface area contributed by atoms with Gasteiger partial charge in [0.2, 0.25) is 5.91 Å². The van der Waals surface area contributed by atoms with Gasteiger partial charge in [0.15, 0.2) is 0 Å². The van der Waals surface area contributed by atoms with Gasteiger partial charge in [-0.3, -0.25) is 4.79 Å². The first-order chi connectivity index (χ1) is 7.63. The molecular formula is C12H17BrN2O. The first kappa shape index (κ1) is 13.2. The van der Waals surface area contributed by atoms with Gasteiger partial charge >= 0.3 is 0 Å². The molecule has 0 heterocycles. The topological polar surface area (TPSA) is 41.1 Å². The van der Waals surface area contributed by atoms with Crippen LogP contribution in [0.15, 0.2) is 28.7 Å². The van der Waals surface area contributed by atoms with Gasteiger partial charge in [-0.25, -0.2) is 0 Å². The van der Waals surface area contributed by atoms with Crippen LogP contribution in [-0.4, -0.2) is 19.5 Å². The number of rotatable bonds is 5. The summed E-state index contributed by atoms with van der Waals surface area (Å²) < 4.78 is 1.03. The Labute approximate surface area is 105 Å². The summed E-state index contributed by atoms with van der Waals surface area (Å²) in [5.41, 5.74) is 1.10. The van der Waals surface area contributed by atoms with Crippen molar-refractivity contribution in [3.8, 4) is 0 Å². The van der Waals surface area contributed by atoms with Gasteiger partial charge in [-0.1, -0.05) is 28.1 Å². The van der Waals surface area contributed by atoms with Crippen molar-refractivity contribution in [3.63, 3.8) is 0 Å². The minimum absolute atomic E-state index is 0.0434. The van der Waals surface area contributed by atoms with Gasteiger partial charge in [0.1, 0.15) is 0 Å². The van der Waals surface area contributed by atoms with Crippen LogP contribution in [0, 0.1) is 0 Å². The van der Waals surface area contributed by atoms with Crippen LogP contribution >= 0.6 is 15.9 Å². The summed E-state index contributed by atoms with van der Waals surface area (Å²) in [6, 6.07) is 8.01. The first-order valence-electron chi connectivity index (χ1n) is 5.33. The highest BCUT2D eigenvalue weighted by atomic mass is 79.9. The third-order valence-corrected chi connectivity index (χ3v) is 2.82. The maximum atomic E-state index is 11.5. The molecule has 1 aromatic rings. The first-order valence-corrected chi connectivity index (χ1v) is 6.12. The van der Waals surface area contributed by atoms with E-state index < -0.39 is 0 Å². The lowest BCUT2D eigenvalue weighted by Gasteiger charge is -2.14. The molecule has 1 rings (SSSR count). The Morgan fingerprint density at radius 3 is 2.88 bits per heavy atom. The van der Waals surface area contributed by atoms with Crippen LogP contribution in [0.4, 0.5) is 0 Å². The van der Waals surface area contributed by atoms with Crippen LogP contribution < -0.4 is 10.6 Å². The molecule has 0 saturated heterocycles. The molecule has 0 bridgehead atoms. The van der Waals surface area contributed by atoms with E-state index in [1.54, 1.807) is 0 Å². The van der Waals surface area contributed by atoms with Gasteiger partial charge in [0, 0.05) is 17.4 Å². The van der Waals surface area contributed by atoms with E-state index in [4.69, 9.17) is 0 Å². The van der Waals surface area contributed by atoms with E-state index in [-0.39, 0.29) is 11.9 Å². The summed E-state index contributed by atoms with van der Waals surface area (Å²) in [5, 5.41) is 5.91. The Morgan fingerprint density at radius 2 is 2.25 bits per heavy atom. The summed E-state index contributed by atoms with van der Waals surface area (Å²) in [4.78, 5) is 11.5. The zero-order valence-electron chi connectivity index (χ0n) is 9.59. The van der Waals surface area contributed by atoms with Gasteiger partial charge in [0.05, 0.1) is 6.04 Å². The van der Waals surface area contributed by atoms with E-state index in [9.17, 15) is 4.79 Å². The minimum Gasteiger partial charge on any atom is -0.350 e. The second kappa shape index (κ2) is 6.66. The molecule has 1 atom stereocenters. The molecule has 0 aliphatic rings. The lowest BCUT2D eigenvalue weighted by atomic mass is 10.1. The molecular weight excluding hydrogens is 268 g/mol. The normalized spacial score (nSPS) is 12.2.